The van der Waals surface area contributed by atoms with Gasteiger partial charge in [0.25, 0.3) is 0 Å². The maximum atomic E-state index is 12.3. The van der Waals surface area contributed by atoms with E-state index in [0.717, 1.165) is 35.0 Å². The highest BCUT2D eigenvalue weighted by Crippen LogP contribution is 2.32. The first-order chi connectivity index (χ1) is 8.96. The Hall–Kier alpha value is -0.780. The molecule has 0 aliphatic heterocycles. The Balaban J connectivity index is 0.00000200. The van der Waals surface area contributed by atoms with Gasteiger partial charge in [-0.1, -0.05) is 15.9 Å². The Morgan fingerprint density at radius 2 is 2.15 bits per heavy atom. The second kappa shape index (κ2) is 6.78. The Morgan fingerprint density at radius 1 is 1.50 bits per heavy atom. The van der Waals surface area contributed by atoms with Gasteiger partial charge in [0, 0.05) is 23.6 Å². The minimum Gasteiger partial charge on any atom is -0.496 e. The maximum absolute atomic E-state index is 12.3. The molecule has 1 aliphatic carbocycles. The summed E-state index contributed by atoms with van der Waals surface area (Å²) in [6.07, 6.45) is 2.61. The quantitative estimate of drug-likeness (QED) is 0.895. The molecule has 0 aromatic heterocycles. The normalized spacial score (nSPS) is 15.8. The Bertz CT molecular complexity index is 492. The first kappa shape index (κ1) is 17.3. The molecule has 2 N–H and O–H groups in total. The SMILES string of the molecule is COc1ccc(Br)cc1CN(C)C(=O)C1(N)CCC1.Cl. The third kappa shape index (κ3) is 3.45. The van der Waals surface area contributed by atoms with Crippen LogP contribution in [0.15, 0.2) is 22.7 Å². The number of likely N-dealkylation sites (N-methyl/N-ethyl adjacent to an activating group) is 1. The molecule has 0 radical (unpaired) electrons. The molecule has 1 fully saturated rings. The molecule has 112 valence electrons. The summed E-state index contributed by atoms with van der Waals surface area (Å²) < 4.78 is 6.28. The zero-order valence-corrected chi connectivity index (χ0v) is 14.1. The van der Waals surface area contributed by atoms with Gasteiger partial charge in [0.05, 0.1) is 12.6 Å². The van der Waals surface area contributed by atoms with E-state index in [1.165, 1.54) is 0 Å². The number of methoxy groups -OCH3 is 1. The lowest BCUT2D eigenvalue weighted by Crippen LogP contribution is -2.58. The summed E-state index contributed by atoms with van der Waals surface area (Å²) in [5.74, 6) is 0.795. The Morgan fingerprint density at radius 3 is 2.65 bits per heavy atom. The van der Waals surface area contributed by atoms with Gasteiger partial charge in [-0.3, -0.25) is 4.79 Å². The van der Waals surface area contributed by atoms with E-state index in [1.54, 1.807) is 19.1 Å². The lowest BCUT2D eigenvalue weighted by Gasteiger charge is -2.39. The second-order valence-electron chi connectivity index (χ2n) is 5.13. The maximum Gasteiger partial charge on any atom is 0.242 e. The van der Waals surface area contributed by atoms with Crippen molar-refractivity contribution in [3.8, 4) is 5.75 Å². The van der Waals surface area contributed by atoms with Crippen molar-refractivity contribution in [2.24, 2.45) is 5.73 Å². The van der Waals surface area contributed by atoms with Crippen LogP contribution in [-0.4, -0.2) is 30.5 Å². The Labute approximate surface area is 134 Å². The van der Waals surface area contributed by atoms with E-state index in [9.17, 15) is 4.79 Å². The fourth-order valence-corrected chi connectivity index (χ4v) is 2.76. The van der Waals surface area contributed by atoms with Gasteiger partial charge in [-0.25, -0.2) is 0 Å². The lowest BCUT2D eigenvalue weighted by molar-refractivity contribution is -0.139. The van der Waals surface area contributed by atoms with Crippen molar-refractivity contribution < 1.29 is 9.53 Å². The number of carbonyl (C=O) groups is 1. The molecule has 1 amide bonds. The molecule has 2 rings (SSSR count). The molecule has 1 aromatic rings. The molecule has 1 aliphatic rings. The van der Waals surface area contributed by atoms with Gasteiger partial charge in [-0.2, -0.15) is 0 Å². The number of hydrogen-bond donors (Lipinski definition) is 1. The van der Waals surface area contributed by atoms with Crippen LogP contribution in [0.25, 0.3) is 0 Å². The molecule has 0 spiro atoms. The van der Waals surface area contributed by atoms with E-state index in [0.29, 0.717) is 6.54 Å². The molecule has 0 heterocycles. The van der Waals surface area contributed by atoms with Crippen LogP contribution < -0.4 is 10.5 Å². The molecule has 20 heavy (non-hydrogen) atoms. The minimum atomic E-state index is -0.645. The van der Waals surface area contributed by atoms with Crippen LogP contribution in [0, 0.1) is 0 Å². The third-order valence-electron chi connectivity index (χ3n) is 3.67. The number of halogens is 2. The molecule has 4 nitrogen and oxygen atoms in total. The number of nitrogens with zero attached hydrogens (tertiary/aromatic N) is 1. The van der Waals surface area contributed by atoms with Crippen LogP contribution in [0.2, 0.25) is 0 Å². The molecule has 0 unspecified atom stereocenters. The standard InChI is InChI=1S/C14H19BrN2O2.ClH/c1-17(13(18)14(16)6-3-7-14)9-10-8-11(15)4-5-12(10)19-2;/h4-5,8H,3,6-7,9,16H2,1-2H3;1H. The summed E-state index contributed by atoms with van der Waals surface area (Å²) in [6, 6.07) is 5.77. The number of amides is 1. The van der Waals surface area contributed by atoms with Crippen LogP contribution in [0.3, 0.4) is 0 Å². The molecule has 6 heteroatoms. The number of ether oxygens (including phenoxy) is 1. The summed E-state index contributed by atoms with van der Waals surface area (Å²) in [6.45, 7) is 0.500. The van der Waals surface area contributed by atoms with Crippen LogP contribution in [-0.2, 0) is 11.3 Å². The molecule has 1 aromatic carbocycles. The summed E-state index contributed by atoms with van der Waals surface area (Å²) in [4.78, 5) is 14.0. The van der Waals surface area contributed by atoms with Gasteiger partial charge in [0.1, 0.15) is 5.75 Å². The first-order valence-electron chi connectivity index (χ1n) is 6.33. The van der Waals surface area contributed by atoms with E-state index < -0.39 is 5.54 Å². The molecule has 0 saturated heterocycles. The highest BCUT2D eigenvalue weighted by atomic mass is 79.9. The van der Waals surface area contributed by atoms with E-state index >= 15 is 0 Å². The van der Waals surface area contributed by atoms with Crippen LogP contribution in [0.1, 0.15) is 24.8 Å². The summed E-state index contributed by atoms with van der Waals surface area (Å²) in [5.41, 5.74) is 6.39. The van der Waals surface area contributed by atoms with Gasteiger partial charge in [0.15, 0.2) is 0 Å². The van der Waals surface area contributed by atoms with Crippen LogP contribution >= 0.6 is 28.3 Å². The molecule has 1 saturated carbocycles. The zero-order chi connectivity index (χ0) is 14.0. The molecule has 0 bridgehead atoms. The van der Waals surface area contributed by atoms with Crippen LogP contribution in [0.4, 0.5) is 0 Å². The fraction of sp³-hybridized carbons (Fsp3) is 0.500. The van der Waals surface area contributed by atoms with Crippen molar-refractivity contribution in [1.82, 2.24) is 4.90 Å². The van der Waals surface area contributed by atoms with E-state index in [2.05, 4.69) is 15.9 Å². The number of carbonyl (C=O) groups excluding carboxylic acids is 1. The minimum absolute atomic E-state index is 0. The predicted molar refractivity (Wildman–Crippen MR) is 85.2 cm³/mol. The molecule has 0 atom stereocenters. The second-order valence-corrected chi connectivity index (χ2v) is 6.04. The summed E-state index contributed by atoms with van der Waals surface area (Å²) >= 11 is 3.43. The van der Waals surface area contributed by atoms with Crippen molar-refractivity contribution in [1.29, 1.82) is 0 Å². The number of benzene rings is 1. The van der Waals surface area contributed by atoms with Gasteiger partial charge >= 0.3 is 0 Å². The van der Waals surface area contributed by atoms with Gasteiger partial charge in [-0.15, -0.1) is 12.4 Å². The average Bonchev–Trinajstić information content (AvgIpc) is 2.35. The predicted octanol–water partition coefficient (Wildman–Crippen LogP) is 2.72. The third-order valence-corrected chi connectivity index (χ3v) is 4.16. The van der Waals surface area contributed by atoms with E-state index in [-0.39, 0.29) is 18.3 Å². The van der Waals surface area contributed by atoms with Crippen molar-refractivity contribution in [3.05, 3.63) is 28.2 Å². The largest absolute Gasteiger partial charge is 0.496 e. The highest BCUT2D eigenvalue weighted by Gasteiger charge is 2.41. The molecular formula is C14H20BrClN2O2. The topological polar surface area (TPSA) is 55.6 Å². The van der Waals surface area contributed by atoms with Crippen molar-refractivity contribution >= 4 is 34.2 Å². The number of rotatable bonds is 4. The smallest absolute Gasteiger partial charge is 0.242 e. The van der Waals surface area contributed by atoms with E-state index in [4.69, 9.17) is 10.5 Å². The monoisotopic (exact) mass is 362 g/mol. The van der Waals surface area contributed by atoms with Crippen molar-refractivity contribution in [2.75, 3.05) is 14.2 Å². The van der Waals surface area contributed by atoms with Gasteiger partial charge in [0.2, 0.25) is 5.91 Å². The average molecular weight is 364 g/mol. The fourth-order valence-electron chi connectivity index (χ4n) is 2.35. The van der Waals surface area contributed by atoms with Crippen molar-refractivity contribution in [3.63, 3.8) is 0 Å². The zero-order valence-electron chi connectivity index (χ0n) is 11.7. The number of nitrogens with two attached hydrogens (primary N) is 1. The number of hydrogen-bond acceptors (Lipinski definition) is 3. The highest BCUT2D eigenvalue weighted by molar-refractivity contribution is 9.10. The molecular weight excluding hydrogens is 344 g/mol. The Kier molecular flexibility index (Phi) is 5.86. The van der Waals surface area contributed by atoms with Crippen molar-refractivity contribution in [2.45, 2.75) is 31.3 Å². The summed E-state index contributed by atoms with van der Waals surface area (Å²) in [5, 5.41) is 0. The first-order valence-corrected chi connectivity index (χ1v) is 7.12. The van der Waals surface area contributed by atoms with Crippen LogP contribution in [0.5, 0.6) is 5.75 Å². The van der Waals surface area contributed by atoms with Gasteiger partial charge in [-0.05, 0) is 37.5 Å². The van der Waals surface area contributed by atoms with E-state index in [1.807, 2.05) is 18.2 Å². The lowest BCUT2D eigenvalue weighted by atomic mass is 9.76. The van der Waals surface area contributed by atoms with Gasteiger partial charge < -0.3 is 15.4 Å². The summed E-state index contributed by atoms with van der Waals surface area (Å²) in [7, 11) is 3.42.